The summed E-state index contributed by atoms with van der Waals surface area (Å²) < 4.78 is 9.85. The van der Waals surface area contributed by atoms with Gasteiger partial charge < -0.3 is 9.47 Å². The molecule has 0 saturated carbocycles. The van der Waals surface area contributed by atoms with Crippen molar-refractivity contribution in [1.82, 2.24) is 0 Å². The summed E-state index contributed by atoms with van der Waals surface area (Å²) in [5.41, 5.74) is 5.11. The molecule has 0 saturated heterocycles. The molecule has 0 aromatic heterocycles. The number of nitriles is 2. The van der Waals surface area contributed by atoms with E-state index in [1.54, 1.807) is 12.5 Å². The Hall–Kier alpha value is -3.24. The number of benzene rings is 2. The van der Waals surface area contributed by atoms with Gasteiger partial charge in [-0.25, -0.2) is 0 Å². The standard InChI is InChI=1S/C23H22N2O2/c1-16(2)23-13-21(27-15-25)11-12-22(23)19-5-3-17(4-6-19)18-7-9-20(10-8-18)26-14-24/h5,7-13,16-17H,3-4,6H2,1-2H3. The number of nitrogens with zero attached hydrogens (tertiary/aromatic N) is 2. The van der Waals surface area contributed by atoms with Gasteiger partial charge in [0, 0.05) is 0 Å². The number of allylic oxidation sites excluding steroid dienone is 2. The number of ether oxygens (including phenoxy) is 2. The SMILES string of the molecule is CC(C)c1cc(OC#N)ccc1C1=CCC(c2ccc(OC#N)cc2)CC1. The smallest absolute Gasteiger partial charge is 0.292 e. The molecule has 4 nitrogen and oxygen atoms in total. The molecule has 0 radical (unpaired) electrons. The summed E-state index contributed by atoms with van der Waals surface area (Å²) in [5, 5.41) is 17.3. The van der Waals surface area contributed by atoms with Gasteiger partial charge in [-0.15, -0.1) is 10.5 Å². The highest BCUT2D eigenvalue weighted by atomic mass is 16.5. The largest absolute Gasteiger partial charge is 0.388 e. The zero-order valence-electron chi connectivity index (χ0n) is 15.6. The molecule has 1 aliphatic rings. The average Bonchev–Trinajstić information content (AvgIpc) is 2.69. The van der Waals surface area contributed by atoms with Crippen LogP contribution in [-0.4, -0.2) is 0 Å². The number of hydrogen-bond acceptors (Lipinski definition) is 4. The summed E-state index contributed by atoms with van der Waals surface area (Å²) >= 11 is 0. The van der Waals surface area contributed by atoms with Gasteiger partial charge in [0.2, 0.25) is 0 Å². The molecule has 0 aliphatic heterocycles. The lowest BCUT2D eigenvalue weighted by molar-refractivity contribution is 0.505. The van der Waals surface area contributed by atoms with Crippen LogP contribution in [0.15, 0.2) is 48.5 Å². The fourth-order valence-corrected chi connectivity index (χ4v) is 3.67. The average molecular weight is 358 g/mol. The Kier molecular flexibility index (Phi) is 5.79. The summed E-state index contributed by atoms with van der Waals surface area (Å²) in [7, 11) is 0. The molecule has 4 heteroatoms. The second kappa shape index (κ2) is 8.43. The van der Waals surface area contributed by atoms with Crippen LogP contribution in [0.5, 0.6) is 11.5 Å². The van der Waals surface area contributed by atoms with Gasteiger partial charge in [0.05, 0.1) is 0 Å². The molecule has 0 bridgehead atoms. The van der Waals surface area contributed by atoms with Crippen molar-refractivity contribution in [3.8, 4) is 24.0 Å². The molecule has 27 heavy (non-hydrogen) atoms. The molecule has 2 aromatic rings. The minimum atomic E-state index is 0.355. The molecule has 1 atom stereocenters. The second-order valence-electron chi connectivity index (χ2n) is 7.06. The molecule has 136 valence electrons. The Balaban J connectivity index is 1.79. The lowest BCUT2D eigenvalue weighted by Crippen LogP contribution is -2.06. The third kappa shape index (κ3) is 4.30. The molecule has 0 spiro atoms. The third-order valence-electron chi connectivity index (χ3n) is 5.08. The Labute approximate surface area is 160 Å². The van der Waals surface area contributed by atoms with E-state index in [1.807, 2.05) is 36.4 Å². The monoisotopic (exact) mass is 358 g/mol. The van der Waals surface area contributed by atoms with E-state index in [9.17, 15) is 0 Å². The minimum Gasteiger partial charge on any atom is -0.388 e. The van der Waals surface area contributed by atoms with Gasteiger partial charge in [0.25, 0.3) is 12.5 Å². The highest BCUT2D eigenvalue weighted by Gasteiger charge is 2.20. The van der Waals surface area contributed by atoms with E-state index in [0.717, 1.165) is 19.3 Å². The Morgan fingerprint density at radius 2 is 1.63 bits per heavy atom. The summed E-state index contributed by atoms with van der Waals surface area (Å²) in [6.07, 6.45) is 8.86. The maximum atomic E-state index is 8.74. The van der Waals surface area contributed by atoms with Crippen LogP contribution in [0.4, 0.5) is 0 Å². The quantitative estimate of drug-likeness (QED) is 0.626. The maximum Gasteiger partial charge on any atom is 0.292 e. The van der Waals surface area contributed by atoms with Gasteiger partial charge in [-0.2, -0.15) is 0 Å². The Morgan fingerprint density at radius 1 is 0.963 bits per heavy atom. The molecule has 3 rings (SSSR count). The fourth-order valence-electron chi connectivity index (χ4n) is 3.67. The van der Waals surface area contributed by atoms with E-state index in [1.165, 1.54) is 22.3 Å². The van der Waals surface area contributed by atoms with Crippen molar-refractivity contribution in [3.05, 3.63) is 65.2 Å². The first-order valence-electron chi connectivity index (χ1n) is 9.17. The van der Waals surface area contributed by atoms with Crippen LogP contribution in [0.25, 0.3) is 5.57 Å². The molecule has 0 N–H and O–H groups in total. The maximum absolute atomic E-state index is 8.74. The lowest BCUT2D eigenvalue weighted by Gasteiger charge is -2.25. The van der Waals surface area contributed by atoms with E-state index >= 15 is 0 Å². The van der Waals surface area contributed by atoms with Gasteiger partial charge in [0.15, 0.2) is 0 Å². The van der Waals surface area contributed by atoms with E-state index in [-0.39, 0.29) is 0 Å². The molecule has 0 amide bonds. The summed E-state index contributed by atoms with van der Waals surface area (Å²) in [4.78, 5) is 0. The van der Waals surface area contributed by atoms with Crippen LogP contribution in [0.1, 0.15) is 61.6 Å². The van der Waals surface area contributed by atoms with Gasteiger partial charge in [-0.3, -0.25) is 0 Å². The van der Waals surface area contributed by atoms with Crippen molar-refractivity contribution in [2.45, 2.75) is 44.9 Å². The Morgan fingerprint density at radius 3 is 2.22 bits per heavy atom. The normalized spacial score (nSPS) is 16.2. The molecule has 1 unspecified atom stereocenters. The van der Waals surface area contributed by atoms with Crippen LogP contribution >= 0.6 is 0 Å². The fraction of sp³-hybridized carbons (Fsp3) is 0.304. The van der Waals surface area contributed by atoms with Crippen molar-refractivity contribution in [2.24, 2.45) is 0 Å². The lowest BCUT2D eigenvalue weighted by atomic mass is 9.80. The minimum absolute atomic E-state index is 0.355. The van der Waals surface area contributed by atoms with Crippen molar-refractivity contribution in [3.63, 3.8) is 0 Å². The highest BCUT2D eigenvalue weighted by Crippen LogP contribution is 2.39. The molecule has 0 heterocycles. The van der Waals surface area contributed by atoms with Gasteiger partial charge >= 0.3 is 0 Å². The van der Waals surface area contributed by atoms with Gasteiger partial charge in [-0.05, 0) is 77.6 Å². The summed E-state index contributed by atoms with van der Waals surface area (Å²) in [6.45, 7) is 4.32. The van der Waals surface area contributed by atoms with E-state index in [2.05, 4.69) is 26.0 Å². The molecule has 1 aliphatic carbocycles. The van der Waals surface area contributed by atoms with E-state index in [0.29, 0.717) is 23.3 Å². The topological polar surface area (TPSA) is 66.0 Å². The zero-order chi connectivity index (χ0) is 19.2. The predicted molar refractivity (Wildman–Crippen MR) is 104 cm³/mol. The first-order valence-corrected chi connectivity index (χ1v) is 9.17. The van der Waals surface area contributed by atoms with E-state index < -0.39 is 0 Å². The molecular weight excluding hydrogens is 336 g/mol. The van der Waals surface area contributed by atoms with Crippen molar-refractivity contribution in [2.75, 3.05) is 0 Å². The van der Waals surface area contributed by atoms with Crippen molar-refractivity contribution < 1.29 is 9.47 Å². The van der Waals surface area contributed by atoms with Crippen LogP contribution in [0.3, 0.4) is 0 Å². The third-order valence-corrected chi connectivity index (χ3v) is 5.08. The Bertz CT molecular complexity index is 915. The van der Waals surface area contributed by atoms with Crippen LogP contribution in [0, 0.1) is 23.0 Å². The predicted octanol–water partition coefficient (Wildman–Crippen LogP) is 5.88. The van der Waals surface area contributed by atoms with Crippen molar-refractivity contribution in [1.29, 1.82) is 10.5 Å². The first-order chi connectivity index (χ1) is 13.1. The molecule has 2 aromatic carbocycles. The first kappa shape index (κ1) is 18.5. The van der Waals surface area contributed by atoms with E-state index in [4.69, 9.17) is 20.0 Å². The number of rotatable bonds is 5. The summed E-state index contributed by atoms with van der Waals surface area (Å²) in [5.74, 6) is 2.01. The van der Waals surface area contributed by atoms with Crippen LogP contribution < -0.4 is 9.47 Å². The van der Waals surface area contributed by atoms with Gasteiger partial charge in [-0.1, -0.05) is 38.1 Å². The molecular formula is C23H22N2O2. The molecule has 0 fully saturated rings. The second-order valence-corrected chi connectivity index (χ2v) is 7.06. The van der Waals surface area contributed by atoms with Crippen LogP contribution in [-0.2, 0) is 0 Å². The van der Waals surface area contributed by atoms with Crippen molar-refractivity contribution >= 4 is 5.57 Å². The highest BCUT2D eigenvalue weighted by molar-refractivity contribution is 5.70. The van der Waals surface area contributed by atoms with Gasteiger partial charge in [0.1, 0.15) is 11.5 Å². The number of hydrogen-bond donors (Lipinski definition) is 0. The summed E-state index contributed by atoms with van der Waals surface area (Å²) in [6, 6.07) is 13.7. The zero-order valence-corrected chi connectivity index (χ0v) is 15.6. The van der Waals surface area contributed by atoms with Crippen LogP contribution in [0.2, 0.25) is 0 Å².